The zero-order valence-corrected chi connectivity index (χ0v) is 20.8. The molecule has 0 amide bonds. The number of nitrogens with zero attached hydrogens (tertiary/aromatic N) is 3. The Morgan fingerprint density at radius 3 is 2.21 bits per heavy atom. The standard InChI is InChI=1S/C25H20Cl3N3O3/c1-25(2,3)24-30-22-18(23(31-24)34-12-20(32)33)11-17(13-4-6-14(26)7-5-13)21(29-22)16-9-8-15(27)10-19(16)28/h4-11H,12H2,1-3H3,(H,32,33). The number of halogens is 3. The monoisotopic (exact) mass is 515 g/mol. The number of fused-ring (bicyclic) bond motifs is 1. The molecule has 2 heterocycles. The molecule has 0 radical (unpaired) electrons. The molecule has 0 spiro atoms. The van der Waals surface area contributed by atoms with Crippen molar-refractivity contribution >= 4 is 51.8 Å². The Hall–Kier alpha value is -2.93. The number of hydrogen-bond donors (Lipinski definition) is 1. The first-order valence-electron chi connectivity index (χ1n) is 10.3. The van der Waals surface area contributed by atoms with Gasteiger partial charge >= 0.3 is 5.97 Å². The van der Waals surface area contributed by atoms with Gasteiger partial charge in [0.15, 0.2) is 12.3 Å². The van der Waals surface area contributed by atoms with Gasteiger partial charge < -0.3 is 9.84 Å². The summed E-state index contributed by atoms with van der Waals surface area (Å²) in [5, 5.41) is 11.2. The van der Waals surface area contributed by atoms with E-state index in [1.807, 2.05) is 39.0 Å². The number of carbonyl (C=O) groups is 1. The second-order valence-corrected chi connectivity index (χ2v) is 9.95. The molecule has 0 bridgehead atoms. The van der Waals surface area contributed by atoms with Crippen molar-refractivity contribution in [1.29, 1.82) is 0 Å². The van der Waals surface area contributed by atoms with Gasteiger partial charge in [-0.2, -0.15) is 4.98 Å². The summed E-state index contributed by atoms with van der Waals surface area (Å²) in [4.78, 5) is 25.3. The van der Waals surface area contributed by atoms with Crippen LogP contribution in [0.25, 0.3) is 33.4 Å². The summed E-state index contributed by atoms with van der Waals surface area (Å²) in [6, 6.07) is 14.3. The van der Waals surface area contributed by atoms with E-state index in [9.17, 15) is 4.79 Å². The predicted octanol–water partition coefficient (Wildman–Crippen LogP) is 7.08. The Bertz CT molecular complexity index is 1400. The van der Waals surface area contributed by atoms with Crippen molar-refractivity contribution in [2.45, 2.75) is 26.2 Å². The maximum atomic E-state index is 11.2. The summed E-state index contributed by atoms with van der Waals surface area (Å²) in [5.74, 6) is -0.492. The average molecular weight is 517 g/mol. The third-order valence-electron chi connectivity index (χ3n) is 5.00. The first-order chi connectivity index (χ1) is 16.0. The van der Waals surface area contributed by atoms with E-state index in [4.69, 9.17) is 49.6 Å². The van der Waals surface area contributed by atoms with Crippen LogP contribution >= 0.6 is 34.8 Å². The lowest BCUT2D eigenvalue weighted by Gasteiger charge is -2.19. The van der Waals surface area contributed by atoms with Gasteiger partial charge in [0.05, 0.1) is 16.1 Å². The van der Waals surface area contributed by atoms with Crippen LogP contribution in [-0.4, -0.2) is 32.6 Å². The quantitative estimate of drug-likeness (QED) is 0.305. The lowest BCUT2D eigenvalue weighted by atomic mass is 9.95. The molecule has 0 aliphatic rings. The van der Waals surface area contributed by atoms with Crippen LogP contribution in [0.2, 0.25) is 15.1 Å². The highest BCUT2D eigenvalue weighted by atomic mass is 35.5. The summed E-state index contributed by atoms with van der Waals surface area (Å²) in [6.45, 7) is 5.31. The molecule has 0 saturated carbocycles. The van der Waals surface area contributed by atoms with E-state index in [0.29, 0.717) is 43.2 Å². The molecule has 2 aromatic heterocycles. The van der Waals surface area contributed by atoms with Crippen LogP contribution in [0.15, 0.2) is 48.5 Å². The van der Waals surface area contributed by atoms with Crippen LogP contribution in [0.4, 0.5) is 0 Å². The minimum Gasteiger partial charge on any atom is -0.479 e. The second kappa shape index (κ2) is 9.37. The van der Waals surface area contributed by atoms with Crippen molar-refractivity contribution < 1.29 is 14.6 Å². The second-order valence-electron chi connectivity index (χ2n) is 8.67. The van der Waals surface area contributed by atoms with Gasteiger partial charge in [0.2, 0.25) is 5.88 Å². The van der Waals surface area contributed by atoms with E-state index in [1.165, 1.54) is 0 Å². The highest BCUT2D eigenvalue weighted by Gasteiger charge is 2.24. The number of pyridine rings is 1. The van der Waals surface area contributed by atoms with Crippen LogP contribution in [0.3, 0.4) is 0 Å². The van der Waals surface area contributed by atoms with Crippen LogP contribution in [0, 0.1) is 0 Å². The molecule has 1 N–H and O–H groups in total. The highest BCUT2D eigenvalue weighted by Crippen LogP contribution is 2.39. The van der Waals surface area contributed by atoms with Crippen LogP contribution < -0.4 is 4.74 Å². The van der Waals surface area contributed by atoms with Gasteiger partial charge in [-0.25, -0.2) is 14.8 Å². The Labute approximate surface area is 211 Å². The number of aliphatic carboxylic acids is 1. The van der Waals surface area contributed by atoms with Gasteiger partial charge in [0.25, 0.3) is 0 Å². The number of hydrogen-bond acceptors (Lipinski definition) is 5. The summed E-state index contributed by atoms with van der Waals surface area (Å²) in [7, 11) is 0. The average Bonchev–Trinajstić information content (AvgIpc) is 2.76. The fourth-order valence-corrected chi connectivity index (χ4v) is 3.96. The molecule has 34 heavy (non-hydrogen) atoms. The minimum absolute atomic E-state index is 0.147. The maximum Gasteiger partial charge on any atom is 0.341 e. The minimum atomic E-state index is -1.11. The first kappa shape index (κ1) is 24.2. The van der Waals surface area contributed by atoms with Crippen molar-refractivity contribution in [1.82, 2.24) is 15.0 Å². The molecule has 0 aliphatic carbocycles. The molecule has 174 valence electrons. The van der Waals surface area contributed by atoms with Gasteiger partial charge in [0.1, 0.15) is 5.82 Å². The molecule has 0 fully saturated rings. The van der Waals surface area contributed by atoms with Crippen molar-refractivity contribution in [2.24, 2.45) is 0 Å². The maximum absolute atomic E-state index is 11.2. The topological polar surface area (TPSA) is 85.2 Å². The van der Waals surface area contributed by atoms with E-state index >= 15 is 0 Å². The molecule has 0 aliphatic heterocycles. The number of rotatable bonds is 5. The van der Waals surface area contributed by atoms with Gasteiger partial charge in [-0.1, -0.05) is 67.7 Å². The SMILES string of the molecule is CC(C)(C)c1nc(OCC(=O)O)c2cc(-c3ccc(Cl)cc3)c(-c3ccc(Cl)cc3Cl)nc2n1. The van der Waals surface area contributed by atoms with Crippen LogP contribution in [-0.2, 0) is 10.2 Å². The number of carboxylic acids is 1. The van der Waals surface area contributed by atoms with E-state index < -0.39 is 18.0 Å². The molecule has 4 rings (SSSR count). The van der Waals surface area contributed by atoms with E-state index in [-0.39, 0.29) is 5.88 Å². The molecular formula is C25H20Cl3N3O3. The lowest BCUT2D eigenvalue weighted by Crippen LogP contribution is -2.18. The largest absolute Gasteiger partial charge is 0.479 e. The normalized spacial score (nSPS) is 11.6. The Morgan fingerprint density at radius 1 is 0.912 bits per heavy atom. The van der Waals surface area contributed by atoms with Crippen LogP contribution in [0.5, 0.6) is 5.88 Å². The zero-order chi connectivity index (χ0) is 24.6. The van der Waals surface area contributed by atoms with Crippen molar-refractivity contribution in [3.8, 4) is 28.3 Å². The van der Waals surface area contributed by atoms with Crippen molar-refractivity contribution in [3.05, 3.63) is 69.4 Å². The van der Waals surface area contributed by atoms with Gasteiger partial charge in [-0.15, -0.1) is 0 Å². The Kier molecular flexibility index (Phi) is 6.67. The smallest absolute Gasteiger partial charge is 0.341 e. The molecule has 0 unspecified atom stereocenters. The fraction of sp³-hybridized carbons (Fsp3) is 0.200. The summed E-state index contributed by atoms with van der Waals surface area (Å²) >= 11 is 18.8. The highest BCUT2D eigenvalue weighted by molar-refractivity contribution is 6.36. The number of ether oxygens (including phenoxy) is 1. The van der Waals surface area contributed by atoms with E-state index in [2.05, 4.69) is 9.97 Å². The fourth-order valence-electron chi connectivity index (χ4n) is 3.34. The van der Waals surface area contributed by atoms with Crippen molar-refractivity contribution in [2.75, 3.05) is 6.61 Å². The van der Waals surface area contributed by atoms with Gasteiger partial charge in [-0.05, 0) is 42.0 Å². The molecular weight excluding hydrogens is 497 g/mol. The van der Waals surface area contributed by atoms with Gasteiger partial charge in [-0.3, -0.25) is 0 Å². The van der Waals surface area contributed by atoms with Gasteiger partial charge in [0, 0.05) is 26.6 Å². The summed E-state index contributed by atoms with van der Waals surface area (Å²) < 4.78 is 5.56. The van der Waals surface area contributed by atoms with Crippen LogP contribution in [0.1, 0.15) is 26.6 Å². The third kappa shape index (κ3) is 5.09. The van der Waals surface area contributed by atoms with E-state index in [1.54, 1.807) is 30.3 Å². The number of aromatic nitrogens is 3. The summed E-state index contributed by atoms with van der Waals surface area (Å²) in [6.07, 6.45) is 0. The number of carboxylic acid groups (broad SMARTS) is 1. The van der Waals surface area contributed by atoms with Crippen molar-refractivity contribution in [3.63, 3.8) is 0 Å². The molecule has 0 atom stereocenters. The summed E-state index contributed by atoms with van der Waals surface area (Å²) in [5.41, 5.74) is 2.73. The number of benzene rings is 2. The molecule has 4 aromatic rings. The lowest BCUT2D eigenvalue weighted by molar-refractivity contribution is -0.139. The molecule has 2 aromatic carbocycles. The molecule has 6 nitrogen and oxygen atoms in total. The zero-order valence-electron chi connectivity index (χ0n) is 18.6. The molecule has 0 saturated heterocycles. The molecule has 9 heteroatoms. The first-order valence-corrected chi connectivity index (χ1v) is 11.5. The third-order valence-corrected chi connectivity index (χ3v) is 5.80. The Morgan fingerprint density at radius 2 is 1.59 bits per heavy atom. The predicted molar refractivity (Wildman–Crippen MR) is 135 cm³/mol. The van der Waals surface area contributed by atoms with E-state index in [0.717, 1.165) is 11.1 Å². The Balaban J connectivity index is 2.06.